The van der Waals surface area contributed by atoms with Crippen LogP contribution in [-0.2, 0) is 29.8 Å². The zero-order valence-electron chi connectivity index (χ0n) is 40.7. The molecule has 0 radical (unpaired) electrons. The molecule has 0 spiro atoms. The summed E-state index contributed by atoms with van der Waals surface area (Å²) in [7, 11) is 6.49. The van der Waals surface area contributed by atoms with Gasteiger partial charge in [-0.2, -0.15) is 0 Å². The Balaban J connectivity index is 0.000000239. The average molecular weight is 913 g/mol. The number of hydrogen-bond acceptors (Lipinski definition) is 12. The van der Waals surface area contributed by atoms with E-state index in [0.29, 0.717) is 25.0 Å². The summed E-state index contributed by atoms with van der Waals surface area (Å²) < 4.78 is 54.9. The van der Waals surface area contributed by atoms with E-state index in [1.807, 2.05) is 48.5 Å². The van der Waals surface area contributed by atoms with Gasteiger partial charge in [-0.05, 0) is 84.0 Å². The molecule has 4 unspecified atom stereocenters. The van der Waals surface area contributed by atoms with E-state index in [1.165, 1.54) is 86.8 Å². The molecule has 1 saturated heterocycles. The predicted octanol–water partition coefficient (Wildman–Crippen LogP) is 10.2. The Labute approximate surface area is 394 Å². The lowest BCUT2D eigenvalue weighted by atomic mass is 9.66. The fourth-order valence-corrected chi connectivity index (χ4v) is 9.44. The van der Waals surface area contributed by atoms with Crippen LogP contribution in [0, 0.1) is 0 Å². The molecule has 4 aromatic rings. The van der Waals surface area contributed by atoms with Crippen LogP contribution in [0.5, 0.6) is 34.5 Å². The monoisotopic (exact) mass is 913 g/mol. The second kappa shape index (κ2) is 26.1. The maximum absolute atomic E-state index is 6.39. The molecule has 0 aromatic heterocycles. The largest absolute Gasteiger partial charge is 0.492 e. The Kier molecular flexibility index (Phi) is 20.1. The van der Waals surface area contributed by atoms with Crippen LogP contribution in [0.1, 0.15) is 106 Å². The standard InChI is InChI=1S/C33H50N2O5.C21H26O5/c1-33(27-12-14-28(15-13-27)39-25-36-2)24-38-32-23-29(40-26-37-3)16-17-30(32)31(33)11-9-7-5-4-6-8-10-20-35-21-18-34-19-22-35;1-15-19-10-9-18(26-14-23-4)11-20(19)24-12-21(15,2)16-5-7-17(8-6-16)25-13-22-3/h12-17,23,31,34H,4-11,18-22,24-26H2,1-3H3;5-11,15H,12-14H2,1-4H3. The number of fused-ring (bicyclic) bond motifs is 2. The van der Waals surface area contributed by atoms with Crippen molar-refractivity contribution >= 4 is 0 Å². The second-order valence-electron chi connectivity index (χ2n) is 18.2. The number of benzene rings is 4. The molecule has 66 heavy (non-hydrogen) atoms. The fourth-order valence-electron chi connectivity index (χ4n) is 9.44. The van der Waals surface area contributed by atoms with Crippen molar-refractivity contribution in [1.82, 2.24) is 10.2 Å². The van der Waals surface area contributed by atoms with Crippen LogP contribution in [0.2, 0.25) is 0 Å². The number of unbranched alkanes of at least 4 members (excludes halogenated alkanes) is 6. The van der Waals surface area contributed by atoms with Gasteiger partial charge in [-0.15, -0.1) is 0 Å². The molecule has 12 heteroatoms. The smallest absolute Gasteiger partial charge is 0.188 e. The van der Waals surface area contributed by atoms with Gasteiger partial charge in [0.2, 0.25) is 0 Å². The maximum atomic E-state index is 6.39. The Morgan fingerprint density at radius 3 is 1.48 bits per heavy atom. The van der Waals surface area contributed by atoms with Gasteiger partial charge in [-0.1, -0.05) is 95.7 Å². The molecule has 1 fully saturated rings. The summed E-state index contributed by atoms with van der Waals surface area (Å²) in [5, 5.41) is 3.44. The number of nitrogens with zero attached hydrogens (tertiary/aromatic N) is 1. The molecule has 12 nitrogen and oxygen atoms in total. The molecule has 3 heterocycles. The molecule has 0 saturated carbocycles. The highest BCUT2D eigenvalue weighted by molar-refractivity contribution is 5.50. The predicted molar refractivity (Wildman–Crippen MR) is 259 cm³/mol. The Morgan fingerprint density at radius 1 is 0.530 bits per heavy atom. The van der Waals surface area contributed by atoms with E-state index < -0.39 is 0 Å². The lowest BCUT2D eigenvalue weighted by Gasteiger charge is -2.43. The van der Waals surface area contributed by atoms with Crippen LogP contribution in [-0.4, -0.2) is 106 Å². The van der Waals surface area contributed by atoms with Crippen LogP contribution in [0.25, 0.3) is 0 Å². The van der Waals surface area contributed by atoms with Crippen molar-refractivity contribution in [1.29, 1.82) is 0 Å². The normalized spacial score (nSPS) is 21.3. The number of methoxy groups -OCH3 is 4. The summed E-state index contributed by atoms with van der Waals surface area (Å²) in [6.45, 7) is 15.0. The molecule has 0 bridgehead atoms. The second-order valence-corrected chi connectivity index (χ2v) is 18.2. The van der Waals surface area contributed by atoms with Gasteiger partial charge >= 0.3 is 0 Å². The number of ether oxygens (including phenoxy) is 10. The summed E-state index contributed by atoms with van der Waals surface area (Å²) in [4.78, 5) is 2.60. The minimum Gasteiger partial charge on any atom is -0.492 e. The van der Waals surface area contributed by atoms with Crippen molar-refractivity contribution in [3.63, 3.8) is 0 Å². The number of piperazine rings is 1. The van der Waals surface area contributed by atoms with Crippen LogP contribution < -0.4 is 33.7 Å². The van der Waals surface area contributed by atoms with Gasteiger partial charge in [0.15, 0.2) is 27.2 Å². The van der Waals surface area contributed by atoms with Crippen molar-refractivity contribution < 1.29 is 47.4 Å². The molecule has 0 amide bonds. The van der Waals surface area contributed by atoms with Gasteiger partial charge in [-0.3, -0.25) is 0 Å². The first-order chi connectivity index (χ1) is 32.2. The first-order valence-corrected chi connectivity index (χ1v) is 23.9. The third-order valence-corrected chi connectivity index (χ3v) is 13.7. The van der Waals surface area contributed by atoms with Crippen LogP contribution in [0.15, 0.2) is 84.9 Å². The van der Waals surface area contributed by atoms with E-state index in [-0.39, 0.29) is 38.0 Å². The molecule has 4 aromatic carbocycles. The highest BCUT2D eigenvalue weighted by atomic mass is 16.7. The number of nitrogens with one attached hydrogen (secondary N) is 1. The van der Waals surface area contributed by atoms with Crippen molar-refractivity contribution in [2.45, 2.75) is 94.8 Å². The van der Waals surface area contributed by atoms with Gasteiger partial charge in [0.05, 0.1) is 13.2 Å². The van der Waals surface area contributed by atoms with Gasteiger partial charge < -0.3 is 57.6 Å². The SMILES string of the molecule is COCOc1ccc(C2(C)COc3cc(OCOC)ccc3C2C)cc1.COCOc1ccc(C2(C)COc3cc(OCOC)ccc3C2CCCCCCCCCN2CCNCC2)cc1. The molecule has 3 aliphatic rings. The Bertz CT molecular complexity index is 2010. The lowest BCUT2D eigenvalue weighted by molar-refractivity contribution is 0.0504. The van der Waals surface area contributed by atoms with Gasteiger partial charge in [0, 0.05) is 83.5 Å². The van der Waals surface area contributed by atoms with Gasteiger partial charge in [0.1, 0.15) is 34.5 Å². The van der Waals surface area contributed by atoms with E-state index in [0.717, 1.165) is 54.0 Å². The van der Waals surface area contributed by atoms with Crippen molar-refractivity contribution in [2.24, 2.45) is 0 Å². The third kappa shape index (κ3) is 13.8. The minimum absolute atomic E-state index is 0.123. The van der Waals surface area contributed by atoms with Crippen molar-refractivity contribution in [2.75, 3.05) is 102 Å². The zero-order chi connectivity index (χ0) is 46.6. The summed E-state index contributed by atoms with van der Waals surface area (Å²) in [5.74, 6) is 5.61. The van der Waals surface area contributed by atoms with Crippen LogP contribution >= 0.6 is 0 Å². The van der Waals surface area contributed by atoms with E-state index >= 15 is 0 Å². The molecule has 4 atom stereocenters. The number of rotatable bonds is 24. The van der Waals surface area contributed by atoms with Crippen LogP contribution in [0.3, 0.4) is 0 Å². The highest BCUT2D eigenvalue weighted by Crippen LogP contribution is 2.50. The van der Waals surface area contributed by atoms with E-state index in [4.69, 9.17) is 47.4 Å². The van der Waals surface area contributed by atoms with Crippen LogP contribution in [0.4, 0.5) is 0 Å². The van der Waals surface area contributed by atoms with Crippen molar-refractivity contribution in [3.8, 4) is 34.5 Å². The molecule has 362 valence electrons. The maximum Gasteiger partial charge on any atom is 0.188 e. The Morgan fingerprint density at radius 2 is 0.955 bits per heavy atom. The summed E-state index contributed by atoms with van der Waals surface area (Å²) >= 11 is 0. The molecule has 3 aliphatic heterocycles. The topological polar surface area (TPSA) is 108 Å². The van der Waals surface area contributed by atoms with E-state index in [2.05, 4.69) is 67.4 Å². The zero-order valence-corrected chi connectivity index (χ0v) is 40.7. The molecule has 1 N–H and O–H groups in total. The highest BCUT2D eigenvalue weighted by Gasteiger charge is 2.43. The molecule has 0 aliphatic carbocycles. The quantitative estimate of drug-likeness (QED) is 0.0534. The third-order valence-electron chi connectivity index (χ3n) is 13.7. The lowest BCUT2D eigenvalue weighted by Crippen LogP contribution is -2.43. The Hall–Kier alpha value is -4.56. The van der Waals surface area contributed by atoms with Crippen molar-refractivity contribution in [3.05, 3.63) is 107 Å². The molecular formula is C54H76N2O10. The molecule has 7 rings (SSSR count). The number of hydrogen-bond donors (Lipinski definition) is 1. The average Bonchev–Trinajstić information content (AvgIpc) is 3.35. The van der Waals surface area contributed by atoms with Gasteiger partial charge in [-0.25, -0.2) is 0 Å². The van der Waals surface area contributed by atoms with E-state index in [1.54, 1.807) is 28.4 Å². The van der Waals surface area contributed by atoms with E-state index in [9.17, 15) is 0 Å². The minimum atomic E-state index is -0.133. The fraction of sp³-hybridized carbons (Fsp3) is 0.556. The summed E-state index contributed by atoms with van der Waals surface area (Å²) in [6, 6.07) is 28.8. The first-order valence-electron chi connectivity index (χ1n) is 23.9. The summed E-state index contributed by atoms with van der Waals surface area (Å²) in [6.07, 6.45) is 10.3. The summed E-state index contributed by atoms with van der Waals surface area (Å²) in [5.41, 5.74) is 4.69. The molecular weight excluding hydrogens is 837 g/mol. The first kappa shape index (κ1) is 50.8. The van der Waals surface area contributed by atoms with Gasteiger partial charge in [0.25, 0.3) is 0 Å².